The third kappa shape index (κ3) is 3.43. The van der Waals surface area contributed by atoms with Gasteiger partial charge in [-0.3, -0.25) is 4.79 Å². The number of amides is 1. The van der Waals surface area contributed by atoms with Crippen LogP contribution in [0.2, 0.25) is 0 Å². The molecule has 158 valence electrons. The van der Waals surface area contributed by atoms with Gasteiger partial charge in [0.2, 0.25) is 0 Å². The fourth-order valence-electron chi connectivity index (χ4n) is 3.33. The second kappa shape index (κ2) is 7.91. The molecule has 3 heterocycles. The fraction of sp³-hybridized carbons (Fsp3) is 0. The van der Waals surface area contributed by atoms with Crippen molar-refractivity contribution in [1.29, 1.82) is 0 Å². The topological polar surface area (TPSA) is 82.6 Å². The van der Waals surface area contributed by atoms with Gasteiger partial charge < -0.3 is 9.88 Å². The van der Waals surface area contributed by atoms with Gasteiger partial charge in [-0.15, -0.1) is 0 Å². The van der Waals surface area contributed by atoms with E-state index in [1.54, 1.807) is 53.4 Å². The Morgan fingerprint density at radius 1 is 0.906 bits per heavy atom. The van der Waals surface area contributed by atoms with Gasteiger partial charge in [0.05, 0.1) is 6.20 Å². The van der Waals surface area contributed by atoms with Crippen LogP contribution in [0.15, 0.2) is 85.8 Å². The average Bonchev–Trinajstić information content (AvgIpc) is 3.55. The molecule has 0 fully saturated rings. The van der Waals surface area contributed by atoms with E-state index in [0.717, 1.165) is 0 Å². The molecule has 1 amide bonds. The quantitative estimate of drug-likeness (QED) is 0.459. The zero-order chi connectivity index (χ0) is 22.1. The van der Waals surface area contributed by atoms with E-state index in [4.69, 9.17) is 0 Å². The van der Waals surface area contributed by atoms with Crippen molar-refractivity contribution in [2.45, 2.75) is 0 Å². The summed E-state index contributed by atoms with van der Waals surface area (Å²) >= 11 is 0. The molecular formula is C22H15F2N7O. The number of rotatable bonds is 5. The maximum Gasteiger partial charge on any atom is 0.261 e. The number of carbonyl (C=O) groups excluding carboxylic acids is 1. The van der Waals surface area contributed by atoms with Crippen LogP contribution in [-0.2, 0) is 0 Å². The molecule has 0 bridgehead atoms. The van der Waals surface area contributed by atoms with Crippen LogP contribution in [0.4, 0.5) is 14.5 Å². The van der Waals surface area contributed by atoms with E-state index in [0.29, 0.717) is 5.82 Å². The number of aromatic nitrogens is 6. The predicted molar refractivity (Wildman–Crippen MR) is 112 cm³/mol. The van der Waals surface area contributed by atoms with Gasteiger partial charge in [-0.2, -0.15) is 10.2 Å². The Kier molecular flexibility index (Phi) is 4.79. The van der Waals surface area contributed by atoms with Crippen molar-refractivity contribution in [2.75, 3.05) is 5.32 Å². The molecule has 0 saturated carbocycles. The molecule has 3 aromatic heterocycles. The van der Waals surface area contributed by atoms with Crippen LogP contribution in [0, 0.1) is 11.6 Å². The minimum absolute atomic E-state index is 0.185. The molecule has 5 rings (SSSR count). The van der Waals surface area contributed by atoms with Gasteiger partial charge in [0.1, 0.15) is 35.4 Å². The number of nitrogens with zero attached hydrogens (tertiary/aromatic N) is 6. The lowest BCUT2D eigenvalue weighted by atomic mass is 10.2. The number of hydrogen-bond acceptors (Lipinski definition) is 4. The third-order valence-electron chi connectivity index (χ3n) is 4.79. The molecule has 10 heteroatoms. The van der Waals surface area contributed by atoms with Crippen LogP contribution in [0.3, 0.4) is 0 Å². The Hall–Kier alpha value is -4.60. The molecular weight excluding hydrogens is 416 g/mol. The molecule has 0 aliphatic carbocycles. The maximum absolute atomic E-state index is 14.5. The summed E-state index contributed by atoms with van der Waals surface area (Å²) in [5, 5.41) is 10.8. The summed E-state index contributed by atoms with van der Waals surface area (Å²) in [6.45, 7) is 0. The first-order valence-electron chi connectivity index (χ1n) is 9.54. The Morgan fingerprint density at radius 3 is 2.44 bits per heavy atom. The highest BCUT2D eigenvalue weighted by Gasteiger charge is 2.21. The van der Waals surface area contributed by atoms with Crippen LogP contribution in [0.25, 0.3) is 17.2 Å². The fourth-order valence-corrected chi connectivity index (χ4v) is 3.33. The van der Waals surface area contributed by atoms with E-state index < -0.39 is 17.5 Å². The number of hydrogen-bond donors (Lipinski definition) is 1. The molecule has 32 heavy (non-hydrogen) atoms. The van der Waals surface area contributed by atoms with E-state index in [1.165, 1.54) is 46.4 Å². The molecule has 0 aliphatic rings. The number of carbonyl (C=O) groups is 1. The smallest absolute Gasteiger partial charge is 0.261 e. The number of nitrogens with one attached hydrogen (secondary N) is 1. The van der Waals surface area contributed by atoms with Crippen LogP contribution in [0.1, 0.15) is 10.4 Å². The van der Waals surface area contributed by atoms with Crippen LogP contribution >= 0.6 is 0 Å². The second-order valence-electron chi connectivity index (χ2n) is 6.80. The molecule has 5 aromatic rings. The van der Waals surface area contributed by atoms with E-state index in [2.05, 4.69) is 20.5 Å². The van der Waals surface area contributed by atoms with E-state index in [9.17, 15) is 13.6 Å². The summed E-state index contributed by atoms with van der Waals surface area (Å²) in [7, 11) is 0. The standard InChI is InChI=1S/C22H15F2N7O/c23-17-5-1-2-6-20(17)31-22(29-9-3-4-10-29)16(12-26-31)21(32)28-15-7-8-19(18(24)11-15)30-14-25-13-27-30/h1-14H,(H,28,32). The Bertz CT molecular complexity index is 1390. The molecule has 0 unspecified atom stereocenters. The number of halogens is 2. The van der Waals surface area contributed by atoms with E-state index in [-0.39, 0.29) is 22.6 Å². The highest BCUT2D eigenvalue weighted by atomic mass is 19.1. The van der Waals surface area contributed by atoms with Gasteiger partial charge in [-0.1, -0.05) is 12.1 Å². The van der Waals surface area contributed by atoms with Crippen molar-refractivity contribution in [3.8, 4) is 17.2 Å². The number of anilines is 1. The van der Waals surface area contributed by atoms with Gasteiger partial charge >= 0.3 is 0 Å². The molecule has 2 aromatic carbocycles. The minimum atomic E-state index is -0.582. The second-order valence-corrected chi connectivity index (χ2v) is 6.80. The predicted octanol–water partition coefficient (Wildman–Crippen LogP) is 3.77. The van der Waals surface area contributed by atoms with Crippen LogP contribution in [0.5, 0.6) is 0 Å². The SMILES string of the molecule is O=C(Nc1ccc(-n2cncn2)c(F)c1)c1cnn(-c2ccccc2F)c1-n1cccc1. The zero-order valence-electron chi connectivity index (χ0n) is 16.4. The molecule has 0 radical (unpaired) electrons. The largest absolute Gasteiger partial charge is 0.322 e. The van der Waals surface area contributed by atoms with Crippen molar-refractivity contribution in [3.63, 3.8) is 0 Å². The van der Waals surface area contributed by atoms with Crippen molar-refractivity contribution in [3.05, 3.63) is 103 Å². The summed E-state index contributed by atoms with van der Waals surface area (Å²) in [6, 6.07) is 13.9. The first-order chi connectivity index (χ1) is 15.6. The number of para-hydroxylation sites is 1. The Balaban J connectivity index is 1.51. The lowest BCUT2D eigenvalue weighted by molar-refractivity contribution is 0.102. The average molecular weight is 431 g/mol. The molecule has 1 N–H and O–H groups in total. The van der Waals surface area contributed by atoms with Gasteiger partial charge in [0.15, 0.2) is 11.6 Å². The normalized spacial score (nSPS) is 10.9. The highest BCUT2D eigenvalue weighted by Crippen LogP contribution is 2.23. The summed E-state index contributed by atoms with van der Waals surface area (Å²) in [5.74, 6) is -1.25. The first kappa shape index (κ1) is 19.4. The monoisotopic (exact) mass is 431 g/mol. The zero-order valence-corrected chi connectivity index (χ0v) is 16.4. The highest BCUT2D eigenvalue weighted by molar-refractivity contribution is 6.06. The molecule has 0 aliphatic heterocycles. The van der Waals surface area contributed by atoms with Crippen molar-refractivity contribution >= 4 is 11.6 Å². The van der Waals surface area contributed by atoms with Gasteiger partial charge in [0, 0.05) is 18.1 Å². The van der Waals surface area contributed by atoms with Crippen LogP contribution in [-0.4, -0.2) is 35.0 Å². The number of benzene rings is 2. The molecule has 0 saturated heterocycles. The lowest BCUT2D eigenvalue weighted by Crippen LogP contribution is -2.16. The van der Waals surface area contributed by atoms with Crippen molar-refractivity contribution in [2.24, 2.45) is 0 Å². The lowest BCUT2D eigenvalue weighted by Gasteiger charge is -2.12. The first-order valence-corrected chi connectivity index (χ1v) is 9.54. The Labute approximate surface area is 180 Å². The van der Waals surface area contributed by atoms with Crippen LogP contribution < -0.4 is 5.32 Å². The minimum Gasteiger partial charge on any atom is -0.322 e. The molecule has 0 atom stereocenters. The van der Waals surface area contributed by atoms with Crippen molar-refractivity contribution < 1.29 is 13.6 Å². The summed E-state index contributed by atoms with van der Waals surface area (Å²) in [5.41, 5.74) is 0.818. The van der Waals surface area contributed by atoms with Gasteiger partial charge in [-0.25, -0.2) is 23.1 Å². The summed E-state index contributed by atoms with van der Waals surface area (Å²) in [6.07, 6.45) is 7.45. The van der Waals surface area contributed by atoms with E-state index in [1.807, 2.05) is 0 Å². The Morgan fingerprint density at radius 2 is 1.72 bits per heavy atom. The molecule has 0 spiro atoms. The maximum atomic E-state index is 14.5. The summed E-state index contributed by atoms with van der Waals surface area (Å²) < 4.78 is 33.2. The van der Waals surface area contributed by atoms with Crippen molar-refractivity contribution in [1.82, 2.24) is 29.1 Å². The van der Waals surface area contributed by atoms with Gasteiger partial charge in [-0.05, 0) is 42.5 Å². The molecule has 8 nitrogen and oxygen atoms in total. The summed E-state index contributed by atoms with van der Waals surface area (Å²) in [4.78, 5) is 16.9. The van der Waals surface area contributed by atoms with E-state index >= 15 is 0 Å². The third-order valence-corrected chi connectivity index (χ3v) is 4.79. The van der Waals surface area contributed by atoms with Gasteiger partial charge in [0.25, 0.3) is 5.91 Å².